The summed E-state index contributed by atoms with van der Waals surface area (Å²) in [5.41, 5.74) is 4.95. The number of nitrogens with one attached hydrogen (secondary N) is 1. The second kappa shape index (κ2) is 12.3. The summed E-state index contributed by atoms with van der Waals surface area (Å²) in [5, 5.41) is 15.5. The first kappa shape index (κ1) is 30.2. The van der Waals surface area contributed by atoms with Gasteiger partial charge in [-0.1, -0.05) is 60.3 Å². The van der Waals surface area contributed by atoms with Gasteiger partial charge in [0, 0.05) is 23.4 Å². The third kappa shape index (κ3) is 5.84. The fraction of sp³-hybridized carbons (Fsp3) is 0.212. The van der Waals surface area contributed by atoms with Crippen LogP contribution in [0.1, 0.15) is 40.4 Å². The Hall–Kier alpha value is -4.86. The van der Waals surface area contributed by atoms with Crippen LogP contribution in [0.3, 0.4) is 0 Å². The van der Waals surface area contributed by atoms with Crippen LogP contribution in [0.2, 0.25) is 0 Å². The van der Waals surface area contributed by atoms with Crippen LogP contribution in [0.5, 0.6) is 5.75 Å². The number of thioether (sulfide) groups is 1. The number of hydrogen-bond donors (Lipinski definition) is 1. The van der Waals surface area contributed by atoms with Crippen LogP contribution in [0, 0.1) is 32.1 Å². The topological polar surface area (TPSA) is 120 Å². The van der Waals surface area contributed by atoms with E-state index < -0.39 is 23.3 Å². The third-order valence-corrected chi connectivity index (χ3v) is 9.45. The lowest BCUT2D eigenvalue weighted by molar-refractivity contribution is -0.119. The monoisotopic (exact) mass is 638 g/mol. The molecular weight excluding hydrogens is 609 g/mol. The molecule has 3 aromatic carbocycles. The van der Waals surface area contributed by atoms with Crippen molar-refractivity contribution in [3.05, 3.63) is 106 Å². The molecule has 0 spiro atoms. The Morgan fingerprint density at radius 2 is 1.84 bits per heavy atom. The number of aryl methyl sites for hydroxylation is 2. The van der Waals surface area contributed by atoms with E-state index >= 15 is 0 Å². The maximum Gasteiger partial charge on any atom is 0.333 e. The van der Waals surface area contributed by atoms with E-state index in [1.807, 2.05) is 80.6 Å². The number of amides is 3. The van der Waals surface area contributed by atoms with E-state index in [1.165, 1.54) is 16.7 Å². The molecule has 0 aliphatic carbocycles. The van der Waals surface area contributed by atoms with Crippen molar-refractivity contribution in [1.29, 1.82) is 5.26 Å². The van der Waals surface area contributed by atoms with Gasteiger partial charge in [0.25, 0.3) is 5.91 Å². The normalized spacial score (nSPS) is 16.4. The first-order valence-corrected chi connectivity index (χ1v) is 16.2. The second-order valence-electron chi connectivity index (χ2n) is 10.9. The van der Waals surface area contributed by atoms with Crippen molar-refractivity contribution in [2.75, 3.05) is 9.62 Å². The molecule has 6 rings (SSSR count). The van der Waals surface area contributed by atoms with Crippen molar-refractivity contribution in [3.63, 3.8) is 0 Å². The molecule has 1 N–H and O–H groups in total. The maximum atomic E-state index is 13.7. The maximum absolute atomic E-state index is 13.7. The van der Waals surface area contributed by atoms with Gasteiger partial charge < -0.3 is 9.08 Å². The quantitative estimate of drug-likeness (QED) is 0.229. The van der Waals surface area contributed by atoms with Crippen molar-refractivity contribution in [2.45, 2.75) is 51.6 Å². The van der Waals surface area contributed by atoms with Gasteiger partial charge in [0.2, 0.25) is 0 Å². The number of imide groups is 1. The van der Waals surface area contributed by atoms with E-state index in [1.54, 1.807) is 24.6 Å². The van der Waals surface area contributed by atoms with Gasteiger partial charge in [0.1, 0.15) is 28.7 Å². The number of urea groups is 1. The summed E-state index contributed by atoms with van der Waals surface area (Å²) in [5.74, 6) is 0.472. The molecule has 2 aliphatic rings. The van der Waals surface area contributed by atoms with Crippen LogP contribution in [-0.4, -0.2) is 36.8 Å². The highest BCUT2D eigenvalue weighted by atomic mass is 32.2. The first-order chi connectivity index (χ1) is 21.6. The van der Waals surface area contributed by atoms with Gasteiger partial charge in [0.05, 0.1) is 16.9 Å². The number of carbonyl (C=O) groups excluding carboxylic acids is 2. The van der Waals surface area contributed by atoms with Crippen molar-refractivity contribution in [2.24, 2.45) is 5.10 Å². The van der Waals surface area contributed by atoms with E-state index in [-0.39, 0.29) is 12.5 Å². The zero-order valence-electron chi connectivity index (χ0n) is 25.1. The predicted octanol–water partition coefficient (Wildman–Crippen LogP) is 6.22. The Labute approximate surface area is 268 Å². The van der Waals surface area contributed by atoms with Crippen LogP contribution < -0.4 is 13.8 Å². The molecule has 2 aliphatic heterocycles. The summed E-state index contributed by atoms with van der Waals surface area (Å²) < 4.78 is 22.8. The molecule has 228 valence electrons. The highest BCUT2D eigenvalue weighted by molar-refractivity contribution is 8.14. The smallest absolute Gasteiger partial charge is 0.333 e. The van der Waals surface area contributed by atoms with Gasteiger partial charge in [-0.15, -0.1) is 0 Å². The molecule has 1 saturated heterocycles. The Kier molecular flexibility index (Phi) is 8.22. The molecule has 4 aromatic rings. The zero-order valence-corrected chi connectivity index (χ0v) is 26.7. The largest absolute Gasteiger partial charge is 0.385 e. The van der Waals surface area contributed by atoms with E-state index in [2.05, 4.69) is 10.8 Å². The van der Waals surface area contributed by atoms with Gasteiger partial charge in [-0.05, 0) is 68.7 Å². The Balaban J connectivity index is 1.22. The van der Waals surface area contributed by atoms with E-state index in [4.69, 9.17) is 9.28 Å². The third-order valence-electron chi connectivity index (χ3n) is 7.77. The van der Waals surface area contributed by atoms with E-state index in [9.17, 15) is 19.1 Å². The van der Waals surface area contributed by atoms with Gasteiger partial charge in [-0.3, -0.25) is 9.52 Å². The van der Waals surface area contributed by atoms with Gasteiger partial charge in [-0.25, -0.2) is 14.4 Å². The van der Waals surface area contributed by atoms with E-state index in [0.29, 0.717) is 45.5 Å². The number of rotatable bonds is 8. The fourth-order valence-corrected chi connectivity index (χ4v) is 7.03. The van der Waals surface area contributed by atoms with E-state index in [0.717, 1.165) is 26.5 Å². The fourth-order valence-electron chi connectivity index (χ4n) is 5.39. The standard InChI is InChI=1S/C33H30N6O4S2/c1-20-13-14-21(2)29(15-20)43-45(42)36-25-11-8-12-26(16-25)44-30-17-28-27(18-34)22(3)31(39(28)35-30)38-32(40)23(4)37(33(38)41)19-24-9-6-5-7-10-24/h5-16,23,36H,17,19H2,1-4H3. The number of carbonyl (C=O) groups is 2. The SMILES string of the molecule is Cc1ccc(C)c(OS(=O)Nc2cccc(SC3=Nn4c(c(C#N)c(C)c4N4C(=O)C(C)N(Cc5ccccc5)C4=O)C3)c2)c1. The van der Waals surface area contributed by atoms with Crippen molar-refractivity contribution < 1.29 is 18.0 Å². The van der Waals surface area contributed by atoms with Crippen LogP contribution in [0.25, 0.3) is 0 Å². The van der Waals surface area contributed by atoms with Crippen LogP contribution >= 0.6 is 11.8 Å². The lowest BCUT2D eigenvalue weighted by atomic mass is 10.1. The summed E-state index contributed by atoms with van der Waals surface area (Å²) in [6, 6.07) is 23.7. The Morgan fingerprint density at radius 3 is 2.60 bits per heavy atom. The highest BCUT2D eigenvalue weighted by Gasteiger charge is 2.46. The molecule has 0 bridgehead atoms. The van der Waals surface area contributed by atoms with Crippen molar-refractivity contribution in [1.82, 2.24) is 9.58 Å². The van der Waals surface area contributed by atoms with Gasteiger partial charge >= 0.3 is 17.3 Å². The molecule has 1 fully saturated rings. The number of anilines is 2. The van der Waals surface area contributed by atoms with Crippen molar-refractivity contribution in [3.8, 4) is 11.8 Å². The minimum absolute atomic E-state index is 0.288. The van der Waals surface area contributed by atoms with Crippen LogP contribution in [0.4, 0.5) is 16.3 Å². The lowest BCUT2D eigenvalue weighted by Crippen LogP contribution is -2.34. The van der Waals surface area contributed by atoms with Crippen LogP contribution in [-0.2, 0) is 29.0 Å². The molecule has 10 nitrogen and oxygen atoms in total. The average molecular weight is 639 g/mol. The lowest BCUT2D eigenvalue weighted by Gasteiger charge is -2.19. The van der Waals surface area contributed by atoms with Crippen LogP contribution in [0.15, 0.2) is 82.8 Å². The molecule has 0 radical (unpaired) electrons. The molecule has 3 amide bonds. The number of nitrogens with zero attached hydrogens (tertiary/aromatic N) is 5. The molecule has 0 saturated carbocycles. The zero-order chi connectivity index (χ0) is 31.8. The number of nitriles is 1. The summed E-state index contributed by atoms with van der Waals surface area (Å²) in [6.07, 6.45) is 0.354. The molecule has 1 aromatic heterocycles. The number of aromatic nitrogens is 1. The summed E-state index contributed by atoms with van der Waals surface area (Å²) >= 11 is -0.436. The van der Waals surface area contributed by atoms with Crippen molar-refractivity contribution >= 4 is 51.5 Å². The molecule has 2 atom stereocenters. The molecule has 2 unspecified atom stereocenters. The second-order valence-corrected chi connectivity index (χ2v) is 12.9. The number of benzene rings is 3. The highest BCUT2D eigenvalue weighted by Crippen LogP contribution is 2.39. The first-order valence-electron chi connectivity index (χ1n) is 14.3. The minimum Gasteiger partial charge on any atom is -0.385 e. The number of fused-ring (bicyclic) bond motifs is 1. The summed E-state index contributed by atoms with van der Waals surface area (Å²) in [4.78, 5) is 30.7. The Bertz CT molecular complexity index is 1930. The Morgan fingerprint density at radius 1 is 1.07 bits per heavy atom. The predicted molar refractivity (Wildman–Crippen MR) is 175 cm³/mol. The van der Waals surface area contributed by atoms with Gasteiger partial charge in [0.15, 0.2) is 0 Å². The molecule has 3 heterocycles. The molecule has 12 heteroatoms. The number of hydrogen-bond acceptors (Lipinski definition) is 7. The molecule has 45 heavy (non-hydrogen) atoms. The summed E-state index contributed by atoms with van der Waals surface area (Å²) in [6.45, 7) is 7.57. The van der Waals surface area contributed by atoms with Gasteiger partial charge in [-0.2, -0.15) is 14.6 Å². The summed E-state index contributed by atoms with van der Waals surface area (Å²) in [7, 11) is 0. The minimum atomic E-state index is -1.82. The molecular formula is C33H30N6O4S2. The average Bonchev–Trinajstić information content (AvgIpc) is 3.59.